The number of benzene rings is 2. The van der Waals surface area contributed by atoms with Crippen molar-refractivity contribution in [1.29, 1.82) is 0 Å². The minimum absolute atomic E-state index is 0. The maximum absolute atomic E-state index is 13.0. The smallest absolute Gasteiger partial charge is 0.243 e. The van der Waals surface area contributed by atoms with Gasteiger partial charge in [-0.05, 0) is 49.1 Å². The van der Waals surface area contributed by atoms with Crippen molar-refractivity contribution in [2.75, 3.05) is 33.9 Å². The lowest BCUT2D eigenvalue weighted by molar-refractivity contribution is -0.123. The fraction of sp³-hybridized carbons (Fsp3) is 0.385. The number of carbonyl (C=O) groups excluding carboxylic acids is 1. The van der Waals surface area contributed by atoms with Crippen LogP contribution in [0.3, 0.4) is 0 Å². The standard InChI is InChI=1S/C26H33N3O5S.ClH/c1-19-14-24(33-5)15-20(2)26(19)35(31,32)29(4)12-13-34-17-23(30)11-8-21-6-9-22(10-7-21)25-16-28(3)18-27-25;/h6-7,9-10,14-16,18H,8,11-13,17H2,1-5H3;1H. The van der Waals surface area contributed by atoms with Crippen molar-refractivity contribution in [3.05, 3.63) is 65.6 Å². The third-order valence-electron chi connectivity index (χ3n) is 5.80. The number of rotatable bonds is 12. The molecule has 36 heavy (non-hydrogen) atoms. The van der Waals surface area contributed by atoms with Gasteiger partial charge in [0.15, 0.2) is 5.78 Å². The van der Waals surface area contributed by atoms with Gasteiger partial charge in [0, 0.05) is 38.8 Å². The molecule has 0 fully saturated rings. The molecule has 3 aromatic rings. The number of carbonyl (C=O) groups is 1. The zero-order chi connectivity index (χ0) is 25.6. The molecule has 0 aliphatic carbocycles. The fourth-order valence-corrected chi connectivity index (χ4v) is 5.41. The van der Waals surface area contributed by atoms with Crippen LogP contribution in [0.2, 0.25) is 0 Å². The minimum Gasteiger partial charge on any atom is -0.497 e. The number of imidazole rings is 1. The van der Waals surface area contributed by atoms with Crippen LogP contribution in [-0.2, 0) is 33.0 Å². The minimum atomic E-state index is -3.69. The molecule has 0 aliphatic rings. The van der Waals surface area contributed by atoms with Crippen molar-refractivity contribution in [2.24, 2.45) is 7.05 Å². The molecule has 196 valence electrons. The van der Waals surface area contributed by atoms with E-state index in [0.717, 1.165) is 16.8 Å². The molecule has 0 bridgehead atoms. The molecule has 1 aromatic heterocycles. The Morgan fingerprint density at radius 2 is 1.75 bits per heavy atom. The summed E-state index contributed by atoms with van der Waals surface area (Å²) in [6.45, 7) is 3.74. The van der Waals surface area contributed by atoms with E-state index in [1.54, 1.807) is 39.4 Å². The topological polar surface area (TPSA) is 90.7 Å². The van der Waals surface area contributed by atoms with Gasteiger partial charge in [0.05, 0.1) is 30.6 Å². The van der Waals surface area contributed by atoms with Crippen LogP contribution in [-0.4, -0.2) is 62.0 Å². The average Bonchev–Trinajstić information content (AvgIpc) is 3.26. The number of Topliss-reactive ketones (excluding diaryl/α,β-unsaturated/α-hetero) is 1. The molecule has 0 radical (unpaired) electrons. The Kier molecular flexibility index (Phi) is 10.7. The molecule has 0 spiro atoms. The normalized spacial score (nSPS) is 11.4. The van der Waals surface area contributed by atoms with E-state index < -0.39 is 10.0 Å². The van der Waals surface area contributed by atoms with Crippen LogP contribution in [0.5, 0.6) is 5.75 Å². The predicted molar refractivity (Wildman–Crippen MR) is 142 cm³/mol. The van der Waals surface area contributed by atoms with E-state index in [9.17, 15) is 13.2 Å². The quantitative estimate of drug-likeness (QED) is 0.326. The zero-order valence-corrected chi connectivity index (χ0v) is 23.0. The lowest BCUT2D eigenvalue weighted by atomic mass is 10.0. The second-order valence-corrected chi connectivity index (χ2v) is 10.6. The van der Waals surface area contributed by atoms with Crippen LogP contribution in [0.25, 0.3) is 11.3 Å². The Balaban J connectivity index is 0.00000456. The van der Waals surface area contributed by atoms with Gasteiger partial charge in [-0.15, -0.1) is 12.4 Å². The Hall–Kier alpha value is -2.72. The number of aryl methyl sites for hydroxylation is 4. The van der Waals surface area contributed by atoms with Gasteiger partial charge in [-0.2, -0.15) is 4.31 Å². The first-order valence-electron chi connectivity index (χ1n) is 11.4. The number of ketones is 1. The Morgan fingerprint density at radius 3 is 2.31 bits per heavy atom. The van der Waals surface area contributed by atoms with E-state index in [1.165, 1.54) is 11.4 Å². The van der Waals surface area contributed by atoms with Gasteiger partial charge in [-0.1, -0.05) is 24.3 Å². The Morgan fingerprint density at radius 1 is 1.11 bits per heavy atom. The van der Waals surface area contributed by atoms with Gasteiger partial charge >= 0.3 is 0 Å². The molecule has 10 heteroatoms. The maximum atomic E-state index is 13.0. The van der Waals surface area contributed by atoms with E-state index in [2.05, 4.69) is 4.98 Å². The van der Waals surface area contributed by atoms with Gasteiger partial charge in [0.1, 0.15) is 12.4 Å². The summed E-state index contributed by atoms with van der Waals surface area (Å²) in [7, 11) is 1.30. The van der Waals surface area contributed by atoms with Crippen molar-refractivity contribution in [2.45, 2.75) is 31.6 Å². The monoisotopic (exact) mass is 535 g/mol. The highest BCUT2D eigenvalue weighted by Gasteiger charge is 2.25. The van der Waals surface area contributed by atoms with Crippen LogP contribution in [0.1, 0.15) is 23.1 Å². The molecule has 0 atom stereocenters. The van der Waals surface area contributed by atoms with Gasteiger partial charge in [-0.25, -0.2) is 13.4 Å². The number of aromatic nitrogens is 2. The molecule has 0 N–H and O–H groups in total. The summed E-state index contributed by atoms with van der Waals surface area (Å²) in [6.07, 6.45) is 4.70. The number of methoxy groups -OCH3 is 1. The molecular weight excluding hydrogens is 502 g/mol. The molecule has 8 nitrogen and oxygen atoms in total. The maximum Gasteiger partial charge on any atom is 0.243 e. The number of nitrogens with zero attached hydrogens (tertiary/aromatic N) is 3. The molecule has 3 rings (SSSR count). The van der Waals surface area contributed by atoms with Gasteiger partial charge in [0.25, 0.3) is 0 Å². The molecule has 0 amide bonds. The lowest BCUT2D eigenvalue weighted by Gasteiger charge is -2.20. The van der Waals surface area contributed by atoms with E-state index >= 15 is 0 Å². The first-order chi connectivity index (χ1) is 16.6. The van der Waals surface area contributed by atoms with Crippen LogP contribution < -0.4 is 4.74 Å². The molecule has 0 saturated heterocycles. The van der Waals surface area contributed by atoms with Crippen molar-refractivity contribution >= 4 is 28.2 Å². The summed E-state index contributed by atoms with van der Waals surface area (Å²) < 4.78 is 39.9. The third-order valence-corrected chi connectivity index (χ3v) is 7.96. The van der Waals surface area contributed by atoms with Crippen molar-refractivity contribution in [3.8, 4) is 17.0 Å². The summed E-state index contributed by atoms with van der Waals surface area (Å²) in [5, 5.41) is 0. The number of sulfonamides is 1. The largest absolute Gasteiger partial charge is 0.497 e. The summed E-state index contributed by atoms with van der Waals surface area (Å²) in [5.74, 6) is 0.596. The van der Waals surface area contributed by atoms with Gasteiger partial charge in [0.2, 0.25) is 10.0 Å². The molecule has 1 heterocycles. The average molecular weight is 536 g/mol. The number of ether oxygens (including phenoxy) is 2. The molecular formula is C26H34ClN3O5S. The summed E-state index contributed by atoms with van der Waals surface area (Å²) in [6, 6.07) is 11.4. The van der Waals surface area contributed by atoms with Crippen LogP contribution in [0.15, 0.2) is 53.8 Å². The number of likely N-dealkylation sites (N-methyl/N-ethyl adjacent to an activating group) is 1. The predicted octanol–water partition coefficient (Wildman–Crippen LogP) is 3.97. The summed E-state index contributed by atoms with van der Waals surface area (Å²) >= 11 is 0. The van der Waals surface area contributed by atoms with E-state index in [1.807, 2.05) is 42.1 Å². The van der Waals surface area contributed by atoms with Crippen LogP contribution >= 0.6 is 12.4 Å². The molecule has 2 aromatic carbocycles. The molecule has 0 unspecified atom stereocenters. The Labute approximate surface area is 219 Å². The number of hydrogen-bond acceptors (Lipinski definition) is 6. The van der Waals surface area contributed by atoms with E-state index in [4.69, 9.17) is 9.47 Å². The van der Waals surface area contributed by atoms with Gasteiger partial charge < -0.3 is 14.0 Å². The third kappa shape index (κ3) is 7.39. The molecule has 0 saturated carbocycles. The number of hydrogen-bond donors (Lipinski definition) is 0. The highest BCUT2D eigenvalue weighted by Crippen LogP contribution is 2.27. The Bertz CT molecular complexity index is 1250. The first kappa shape index (κ1) is 29.5. The second kappa shape index (κ2) is 13.0. The number of halogens is 1. The highest BCUT2D eigenvalue weighted by atomic mass is 35.5. The molecule has 0 aliphatic heterocycles. The van der Waals surface area contributed by atoms with Crippen molar-refractivity contribution < 1.29 is 22.7 Å². The van der Waals surface area contributed by atoms with Gasteiger partial charge in [-0.3, -0.25) is 4.79 Å². The summed E-state index contributed by atoms with van der Waals surface area (Å²) in [5.41, 5.74) is 4.25. The van der Waals surface area contributed by atoms with E-state index in [-0.39, 0.29) is 42.8 Å². The second-order valence-electron chi connectivity index (χ2n) is 8.63. The van der Waals surface area contributed by atoms with E-state index in [0.29, 0.717) is 29.7 Å². The first-order valence-corrected chi connectivity index (χ1v) is 12.8. The van der Waals surface area contributed by atoms with Crippen LogP contribution in [0.4, 0.5) is 0 Å². The summed E-state index contributed by atoms with van der Waals surface area (Å²) in [4.78, 5) is 16.8. The van der Waals surface area contributed by atoms with Crippen molar-refractivity contribution in [3.63, 3.8) is 0 Å². The fourth-order valence-electron chi connectivity index (χ4n) is 3.85. The highest BCUT2D eigenvalue weighted by molar-refractivity contribution is 7.89. The SMILES string of the molecule is COc1cc(C)c(S(=O)(=O)N(C)CCOCC(=O)CCc2ccc(-c3cn(C)cn3)cc2)c(C)c1.Cl. The zero-order valence-electron chi connectivity index (χ0n) is 21.4. The lowest BCUT2D eigenvalue weighted by Crippen LogP contribution is -2.31. The van der Waals surface area contributed by atoms with Crippen LogP contribution in [0, 0.1) is 13.8 Å². The van der Waals surface area contributed by atoms with Crippen molar-refractivity contribution in [1.82, 2.24) is 13.9 Å².